The molecular weight excluding hydrogens is 168 g/mol. The van der Waals surface area contributed by atoms with Crippen molar-refractivity contribution >= 4 is 6.08 Å². The first kappa shape index (κ1) is 9.26. The zero-order valence-electron chi connectivity index (χ0n) is 8.39. The fourth-order valence-electron chi connectivity index (χ4n) is 1.80. The summed E-state index contributed by atoms with van der Waals surface area (Å²) in [5.41, 5.74) is 1.30. The van der Waals surface area contributed by atoms with E-state index in [9.17, 15) is 0 Å². The minimum absolute atomic E-state index is 0.656. The number of allylic oxidation sites excluding steroid dienone is 3. The Morgan fingerprint density at radius 3 is 2.71 bits per heavy atom. The lowest BCUT2D eigenvalue weighted by atomic mass is 9.95. The van der Waals surface area contributed by atoms with E-state index in [0.29, 0.717) is 5.92 Å². The molecule has 0 amide bonds. The number of benzene rings is 1. The lowest BCUT2D eigenvalue weighted by molar-refractivity contribution is 0.632. The van der Waals surface area contributed by atoms with Crippen LogP contribution in [-0.2, 0) is 0 Å². The van der Waals surface area contributed by atoms with Crippen LogP contribution in [0.25, 0.3) is 6.08 Å². The van der Waals surface area contributed by atoms with E-state index in [0.717, 1.165) is 0 Å². The summed E-state index contributed by atoms with van der Waals surface area (Å²) in [7, 11) is 0. The van der Waals surface area contributed by atoms with Crippen LogP contribution in [0, 0.1) is 5.92 Å². The van der Waals surface area contributed by atoms with Crippen LogP contribution < -0.4 is 0 Å². The van der Waals surface area contributed by atoms with Crippen molar-refractivity contribution in [3.8, 4) is 0 Å². The van der Waals surface area contributed by atoms with E-state index < -0.39 is 0 Å². The monoisotopic (exact) mass is 184 g/mol. The van der Waals surface area contributed by atoms with Crippen molar-refractivity contribution in [3.05, 3.63) is 54.1 Å². The van der Waals surface area contributed by atoms with Crippen molar-refractivity contribution in [2.24, 2.45) is 5.92 Å². The molecule has 72 valence electrons. The highest BCUT2D eigenvalue weighted by molar-refractivity contribution is 5.49. The van der Waals surface area contributed by atoms with Crippen molar-refractivity contribution in [3.63, 3.8) is 0 Å². The van der Waals surface area contributed by atoms with E-state index in [1.807, 2.05) is 0 Å². The Bertz CT molecular complexity index is 319. The summed E-state index contributed by atoms with van der Waals surface area (Å²) in [6, 6.07) is 10.5. The second kappa shape index (κ2) is 4.80. The molecule has 1 aliphatic carbocycles. The number of hydrogen-bond donors (Lipinski definition) is 0. The Kier molecular flexibility index (Phi) is 3.18. The predicted octanol–water partition coefficient (Wildman–Crippen LogP) is 4.06. The van der Waals surface area contributed by atoms with Crippen LogP contribution in [0.1, 0.15) is 24.8 Å². The Morgan fingerprint density at radius 2 is 2.00 bits per heavy atom. The van der Waals surface area contributed by atoms with E-state index in [1.165, 1.54) is 24.8 Å². The van der Waals surface area contributed by atoms with Gasteiger partial charge >= 0.3 is 0 Å². The standard InChI is InChI=1S/C14H16/c1-3-7-13(8-4-1)11-12-14-9-5-2-6-10-14/h1,3-5,7-9,11-12,14H,2,6,10H2/b12-11+/t14-/m1/s1. The first-order valence-corrected chi connectivity index (χ1v) is 5.35. The highest BCUT2D eigenvalue weighted by Gasteiger charge is 2.03. The van der Waals surface area contributed by atoms with Gasteiger partial charge in [0.2, 0.25) is 0 Å². The molecule has 0 aromatic heterocycles. The van der Waals surface area contributed by atoms with Crippen LogP contribution in [0.15, 0.2) is 48.6 Å². The highest BCUT2D eigenvalue weighted by Crippen LogP contribution is 2.19. The van der Waals surface area contributed by atoms with E-state index in [4.69, 9.17) is 0 Å². The molecule has 0 saturated heterocycles. The third-order valence-electron chi connectivity index (χ3n) is 2.63. The van der Waals surface area contributed by atoms with Crippen molar-refractivity contribution in [2.75, 3.05) is 0 Å². The van der Waals surface area contributed by atoms with Gasteiger partial charge in [0, 0.05) is 0 Å². The first-order chi connectivity index (χ1) is 6.95. The highest BCUT2D eigenvalue weighted by atomic mass is 14.1. The average molecular weight is 184 g/mol. The molecule has 1 aromatic rings. The summed E-state index contributed by atoms with van der Waals surface area (Å²) >= 11 is 0. The van der Waals surface area contributed by atoms with E-state index >= 15 is 0 Å². The van der Waals surface area contributed by atoms with Crippen molar-refractivity contribution in [1.29, 1.82) is 0 Å². The maximum absolute atomic E-state index is 2.32. The van der Waals surface area contributed by atoms with Crippen LogP contribution in [0.3, 0.4) is 0 Å². The maximum Gasteiger partial charge on any atom is -0.00501 e. The quantitative estimate of drug-likeness (QED) is 0.608. The summed E-state index contributed by atoms with van der Waals surface area (Å²) < 4.78 is 0. The van der Waals surface area contributed by atoms with E-state index in [2.05, 4.69) is 54.6 Å². The molecule has 2 rings (SSSR count). The zero-order valence-corrected chi connectivity index (χ0v) is 8.39. The van der Waals surface area contributed by atoms with Gasteiger partial charge in [0.1, 0.15) is 0 Å². The largest absolute Gasteiger partial charge is 0.0879 e. The molecule has 0 nitrogen and oxygen atoms in total. The fourth-order valence-corrected chi connectivity index (χ4v) is 1.80. The molecule has 0 saturated carbocycles. The van der Waals surface area contributed by atoms with Crippen LogP contribution in [0.5, 0.6) is 0 Å². The van der Waals surface area contributed by atoms with Crippen molar-refractivity contribution in [2.45, 2.75) is 19.3 Å². The van der Waals surface area contributed by atoms with Gasteiger partial charge in [-0.2, -0.15) is 0 Å². The first-order valence-electron chi connectivity index (χ1n) is 5.35. The van der Waals surface area contributed by atoms with Gasteiger partial charge in [-0.3, -0.25) is 0 Å². The molecular formula is C14H16. The summed E-state index contributed by atoms with van der Waals surface area (Å²) in [5.74, 6) is 0.656. The normalized spacial score (nSPS) is 21.6. The van der Waals surface area contributed by atoms with Gasteiger partial charge in [0.25, 0.3) is 0 Å². The van der Waals surface area contributed by atoms with Crippen LogP contribution in [0.2, 0.25) is 0 Å². The number of hydrogen-bond acceptors (Lipinski definition) is 0. The molecule has 1 aliphatic rings. The smallest absolute Gasteiger partial charge is 0.00501 e. The minimum atomic E-state index is 0.656. The summed E-state index contributed by atoms with van der Waals surface area (Å²) in [6.07, 6.45) is 13.0. The molecule has 0 unspecified atom stereocenters. The van der Waals surface area contributed by atoms with Gasteiger partial charge in [-0.1, -0.05) is 54.6 Å². The molecule has 0 bridgehead atoms. The summed E-state index contributed by atoms with van der Waals surface area (Å²) in [6.45, 7) is 0. The topological polar surface area (TPSA) is 0 Å². The third kappa shape index (κ3) is 2.59. The van der Waals surface area contributed by atoms with Crippen LogP contribution in [-0.4, -0.2) is 0 Å². The molecule has 0 radical (unpaired) electrons. The van der Waals surface area contributed by atoms with Crippen LogP contribution >= 0.6 is 0 Å². The SMILES string of the molecule is C1=C[C@@H](/C=C/c2ccccc2)CCC1. The van der Waals surface area contributed by atoms with E-state index in [1.54, 1.807) is 0 Å². The molecule has 14 heavy (non-hydrogen) atoms. The predicted molar refractivity (Wildman–Crippen MR) is 62.0 cm³/mol. The van der Waals surface area contributed by atoms with Crippen molar-refractivity contribution < 1.29 is 0 Å². The van der Waals surface area contributed by atoms with Crippen molar-refractivity contribution in [1.82, 2.24) is 0 Å². The van der Waals surface area contributed by atoms with Gasteiger partial charge in [-0.25, -0.2) is 0 Å². The Labute approximate surface area is 86.0 Å². The average Bonchev–Trinajstić information content (AvgIpc) is 2.29. The molecule has 0 heteroatoms. The van der Waals surface area contributed by atoms with E-state index in [-0.39, 0.29) is 0 Å². The van der Waals surface area contributed by atoms with Gasteiger partial charge in [0.15, 0.2) is 0 Å². The second-order valence-electron chi connectivity index (χ2n) is 3.79. The maximum atomic E-state index is 2.32. The molecule has 0 fully saturated rings. The molecule has 0 spiro atoms. The molecule has 0 N–H and O–H groups in total. The Morgan fingerprint density at radius 1 is 1.14 bits per heavy atom. The number of rotatable bonds is 2. The summed E-state index contributed by atoms with van der Waals surface area (Å²) in [4.78, 5) is 0. The third-order valence-corrected chi connectivity index (χ3v) is 2.63. The van der Waals surface area contributed by atoms with Crippen LogP contribution in [0.4, 0.5) is 0 Å². The molecule has 1 aromatic carbocycles. The molecule has 0 heterocycles. The Balaban J connectivity index is 1.99. The second-order valence-corrected chi connectivity index (χ2v) is 3.79. The lowest BCUT2D eigenvalue weighted by Crippen LogP contribution is -1.95. The zero-order chi connectivity index (χ0) is 9.64. The molecule has 1 atom stereocenters. The van der Waals surface area contributed by atoms with Gasteiger partial charge in [0.05, 0.1) is 0 Å². The van der Waals surface area contributed by atoms with Gasteiger partial charge in [-0.05, 0) is 30.7 Å². The van der Waals surface area contributed by atoms with Gasteiger partial charge < -0.3 is 0 Å². The lowest BCUT2D eigenvalue weighted by Gasteiger charge is -2.11. The Hall–Kier alpha value is -1.30. The summed E-state index contributed by atoms with van der Waals surface area (Å²) in [5, 5.41) is 0. The fraction of sp³-hybridized carbons (Fsp3) is 0.286. The minimum Gasteiger partial charge on any atom is -0.0879 e. The van der Waals surface area contributed by atoms with Gasteiger partial charge in [-0.15, -0.1) is 0 Å². The molecule has 0 aliphatic heterocycles.